The molecule has 4 heteroatoms. The van der Waals surface area contributed by atoms with Crippen molar-refractivity contribution in [1.82, 2.24) is 4.90 Å². The van der Waals surface area contributed by atoms with E-state index >= 15 is 0 Å². The predicted octanol–water partition coefficient (Wildman–Crippen LogP) is 3.06. The second-order valence-corrected chi connectivity index (χ2v) is 5.32. The van der Waals surface area contributed by atoms with Crippen LogP contribution in [0.4, 0.5) is 0 Å². The first-order chi connectivity index (χ1) is 8.16. The van der Waals surface area contributed by atoms with Gasteiger partial charge >= 0.3 is 5.97 Å². The molecule has 1 aliphatic rings. The molecule has 1 aromatic carbocycles. The molecule has 1 atom stereocenters. The highest BCUT2D eigenvalue weighted by Crippen LogP contribution is 2.28. The fourth-order valence-electron chi connectivity index (χ4n) is 2.36. The Morgan fingerprint density at radius 3 is 2.41 bits per heavy atom. The molecule has 0 radical (unpaired) electrons. The van der Waals surface area contributed by atoms with Gasteiger partial charge in [0.1, 0.15) is 0 Å². The summed E-state index contributed by atoms with van der Waals surface area (Å²) in [6.45, 7) is 2.02. The van der Waals surface area contributed by atoms with E-state index in [4.69, 9.17) is 5.11 Å². The summed E-state index contributed by atoms with van der Waals surface area (Å²) in [5.41, 5.74) is 1.09. The molecule has 0 spiro atoms. The summed E-state index contributed by atoms with van der Waals surface area (Å²) < 4.78 is 1.02. The summed E-state index contributed by atoms with van der Waals surface area (Å²) in [5.74, 6) is -0.732. The van der Waals surface area contributed by atoms with Gasteiger partial charge in [0.05, 0.1) is 6.42 Å². The Morgan fingerprint density at radius 2 is 1.88 bits per heavy atom. The highest BCUT2D eigenvalue weighted by molar-refractivity contribution is 9.10. The third-order valence-corrected chi connectivity index (χ3v) is 3.73. The summed E-state index contributed by atoms with van der Waals surface area (Å²) in [6.07, 6.45) is 2.53. The van der Waals surface area contributed by atoms with Crippen molar-refractivity contribution in [3.63, 3.8) is 0 Å². The maximum absolute atomic E-state index is 11.0. The van der Waals surface area contributed by atoms with Gasteiger partial charge in [-0.25, -0.2) is 0 Å². The van der Waals surface area contributed by atoms with Crippen molar-refractivity contribution in [1.29, 1.82) is 0 Å². The van der Waals surface area contributed by atoms with Gasteiger partial charge in [-0.15, -0.1) is 0 Å². The van der Waals surface area contributed by atoms with Crippen LogP contribution in [-0.2, 0) is 4.79 Å². The van der Waals surface area contributed by atoms with E-state index in [1.807, 2.05) is 24.3 Å². The van der Waals surface area contributed by atoms with Crippen LogP contribution in [0.15, 0.2) is 28.7 Å². The molecule has 0 aromatic heterocycles. The van der Waals surface area contributed by atoms with Crippen molar-refractivity contribution in [2.75, 3.05) is 13.1 Å². The molecule has 0 bridgehead atoms. The highest BCUT2D eigenvalue weighted by Gasteiger charge is 2.25. The van der Waals surface area contributed by atoms with Crippen LogP contribution in [0, 0.1) is 0 Å². The average Bonchev–Trinajstić information content (AvgIpc) is 2.80. The molecule has 2 rings (SSSR count). The summed E-state index contributed by atoms with van der Waals surface area (Å²) >= 11 is 3.40. The molecular weight excluding hydrogens is 282 g/mol. The Balaban J connectivity index is 2.19. The van der Waals surface area contributed by atoms with Crippen LogP contribution in [0.3, 0.4) is 0 Å². The monoisotopic (exact) mass is 297 g/mol. The second-order valence-electron chi connectivity index (χ2n) is 4.41. The number of carbonyl (C=O) groups is 1. The molecule has 17 heavy (non-hydrogen) atoms. The minimum Gasteiger partial charge on any atom is -0.481 e. The van der Waals surface area contributed by atoms with Crippen molar-refractivity contribution < 1.29 is 9.90 Å². The van der Waals surface area contributed by atoms with E-state index in [0.717, 1.165) is 23.1 Å². The summed E-state index contributed by atoms with van der Waals surface area (Å²) in [4.78, 5) is 13.2. The molecule has 0 amide bonds. The Bertz CT molecular complexity index is 385. The van der Waals surface area contributed by atoms with Crippen molar-refractivity contribution in [2.45, 2.75) is 25.3 Å². The van der Waals surface area contributed by atoms with E-state index in [-0.39, 0.29) is 12.5 Å². The first-order valence-corrected chi connectivity index (χ1v) is 6.67. The van der Waals surface area contributed by atoms with Crippen molar-refractivity contribution in [2.24, 2.45) is 0 Å². The highest BCUT2D eigenvalue weighted by atomic mass is 79.9. The van der Waals surface area contributed by atoms with Gasteiger partial charge in [0.25, 0.3) is 0 Å². The van der Waals surface area contributed by atoms with Crippen LogP contribution in [0.2, 0.25) is 0 Å². The number of halogens is 1. The maximum atomic E-state index is 11.0. The number of nitrogens with zero attached hydrogens (tertiary/aromatic N) is 1. The molecular formula is C13H16BrNO2. The third kappa shape index (κ3) is 3.30. The zero-order valence-corrected chi connectivity index (χ0v) is 11.2. The number of rotatable bonds is 4. The normalized spacial score (nSPS) is 18.2. The lowest BCUT2D eigenvalue weighted by molar-refractivity contribution is -0.138. The fourth-order valence-corrected chi connectivity index (χ4v) is 2.63. The zero-order chi connectivity index (χ0) is 12.3. The number of hydrogen-bond donors (Lipinski definition) is 1. The molecule has 1 unspecified atom stereocenters. The molecule has 1 N–H and O–H groups in total. The third-order valence-electron chi connectivity index (χ3n) is 3.20. The molecule has 1 fully saturated rings. The summed E-state index contributed by atoms with van der Waals surface area (Å²) in [5, 5.41) is 9.02. The number of carboxylic acids is 1. The number of hydrogen-bond acceptors (Lipinski definition) is 2. The minimum atomic E-state index is -0.732. The molecule has 0 saturated carbocycles. The summed E-state index contributed by atoms with van der Waals surface area (Å²) in [6, 6.07) is 7.98. The van der Waals surface area contributed by atoms with E-state index in [2.05, 4.69) is 20.8 Å². The number of likely N-dealkylation sites (tertiary alicyclic amines) is 1. The lowest BCUT2D eigenvalue weighted by Crippen LogP contribution is -2.27. The maximum Gasteiger partial charge on any atom is 0.305 e. The van der Waals surface area contributed by atoms with E-state index in [9.17, 15) is 4.79 Å². The molecule has 3 nitrogen and oxygen atoms in total. The Hall–Kier alpha value is -0.870. The SMILES string of the molecule is O=C(O)CC(c1ccc(Br)cc1)N1CCCC1. The summed E-state index contributed by atoms with van der Waals surface area (Å²) in [7, 11) is 0. The van der Waals surface area contributed by atoms with Crippen LogP contribution in [-0.4, -0.2) is 29.1 Å². The van der Waals surface area contributed by atoms with Gasteiger partial charge in [0, 0.05) is 10.5 Å². The van der Waals surface area contributed by atoms with Crippen molar-refractivity contribution >= 4 is 21.9 Å². The van der Waals surface area contributed by atoms with Crippen LogP contribution < -0.4 is 0 Å². The van der Waals surface area contributed by atoms with Gasteiger partial charge in [0.2, 0.25) is 0 Å². The largest absolute Gasteiger partial charge is 0.481 e. The molecule has 92 valence electrons. The Kier molecular flexibility index (Phi) is 4.18. The van der Waals surface area contributed by atoms with Crippen LogP contribution in [0.25, 0.3) is 0 Å². The quantitative estimate of drug-likeness (QED) is 0.928. The van der Waals surface area contributed by atoms with Gasteiger partial charge in [-0.2, -0.15) is 0 Å². The predicted molar refractivity (Wildman–Crippen MR) is 69.9 cm³/mol. The van der Waals surface area contributed by atoms with Crippen LogP contribution in [0.5, 0.6) is 0 Å². The van der Waals surface area contributed by atoms with Gasteiger partial charge in [-0.3, -0.25) is 9.69 Å². The van der Waals surface area contributed by atoms with Gasteiger partial charge in [-0.1, -0.05) is 28.1 Å². The van der Waals surface area contributed by atoms with E-state index in [1.54, 1.807) is 0 Å². The van der Waals surface area contributed by atoms with E-state index in [1.165, 1.54) is 12.8 Å². The lowest BCUT2D eigenvalue weighted by atomic mass is 10.0. The Labute approximate surface area is 110 Å². The zero-order valence-electron chi connectivity index (χ0n) is 9.60. The average molecular weight is 298 g/mol. The molecule has 1 heterocycles. The van der Waals surface area contributed by atoms with Crippen molar-refractivity contribution in [3.05, 3.63) is 34.3 Å². The van der Waals surface area contributed by atoms with E-state index < -0.39 is 5.97 Å². The molecule has 1 saturated heterocycles. The minimum absolute atomic E-state index is 0.0168. The van der Waals surface area contributed by atoms with Gasteiger partial charge in [-0.05, 0) is 43.6 Å². The Morgan fingerprint density at radius 1 is 1.29 bits per heavy atom. The fraction of sp³-hybridized carbons (Fsp3) is 0.462. The lowest BCUT2D eigenvalue weighted by Gasteiger charge is -2.26. The topological polar surface area (TPSA) is 40.5 Å². The number of carboxylic acid groups (broad SMARTS) is 1. The van der Waals surface area contributed by atoms with Crippen molar-refractivity contribution in [3.8, 4) is 0 Å². The van der Waals surface area contributed by atoms with Gasteiger partial charge < -0.3 is 5.11 Å². The first kappa shape index (κ1) is 12.6. The molecule has 1 aliphatic heterocycles. The molecule has 0 aliphatic carbocycles. The smallest absolute Gasteiger partial charge is 0.305 e. The number of aliphatic carboxylic acids is 1. The molecule has 1 aromatic rings. The first-order valence-electron chi connectivity index (χ1n) is 5.88. The van der Waals surface area contributed by atoms with Crippen LogP contribution >= 0.6 is 15.9 Å². The number of benzene rings is 1. The van der Waals surface area contributed by atoms with Gasteiger partial charge in [0.15, 0.2) is 0 Å². The standard InChI is InChI=1S/C13H16BrNO2/c14-11-5-3-10(4-6-11)12(9-13(16)17)15-7-1-2-8-15/h3-6,12H,1-2,7-9H2,(H,16,17). The van der Waals surface area contributed by atoms with Crippen LogP contribution in [0.1, 0.15) is 30.9 Å². The van der Waals surface area contributed by atoms with E-state index in [0.29, 0.717) is 0 Å². The second kappa shape index (κ2) is 5.65.